The molecule has 0 aliphatic carbocycles. The molecular formula is C10H23N3. The summed E-state index contributed by atoms with van der Waals surface area (Å²) >= 11 is 0. The lowest BCUT2D eigenvalue weighted by Gasteiger charge is -2.18. The monoisotopic (exact) mass is 185 g/mol. The fourth-order valence-corrected chi connectivity index (χ4v) is 1.30. The van der Waals surface area contributed by atoms with Gasteiger partial charge in [0.05, 0.1) is 0 Å². The standard InChI is InChI=1S/C10H23N3/c1-5-13(6-2)9-7-8-10(3)12-11-4/h11-12H,3,5-9H2,1-2,4H3. The van der Waals surface area contributed by atoms with Gasteiger partial charge in [0.15, 0.2) is 0 Å². The Labute approximate surface area is 82.2 Å². The second-order valence-corrected chi connectivity index (χ2v) is 3.11. The third kappa shape index (κ3) is 6.61. The van der Waals surface area contributed by atoms with Gasteiger partial charge in [-0.05, 0) is 32.5 Å². The van der Waals surface area contributed by atoms with Crippen LogP contribution in [0, 0.1) is 0 Å². The van der Waals surface area contributed by atoms with E-state index >= 15 is 0 Å². The minimum Gasteiger partial charge on any atom is -0.326 e. The number of hydrogen-bond acceptors (Lipinski definition) is 3. The Balaban J connectivity index is 3.37. The van der Waals surface area contributed by atoms with Crippen molar-refractivity contribution in [2.24, 2.45) is 0 Å². The average Bonchev–Trinajstić information content (AvgIpc) is 2.13. The lowest BCUT2D eigenvalue weighted by Crippen LogP contribution is -2.27. The van der Waals surface area contributed by atoms with E-state index in [4.69, 9.17) is 0 Å². The maximum atomic E-state index is 3.90. The predicted octanol–water partition coefficient (Wildman–Crippen LogP) is 1.35. The molecule has 3 nitrogen and oxygen atoms in total. The van der Waals surface area contributed by atoms with Gasteiger partial charge in [0.2, 0.25) is 0 Å². The summed E-state index contributed by atoms with van der Waals surface area (Å²) in [6.45, 7) is 11.7. The summed E-state index contributed by atoms with van der Waals surface area (Å²) in [5.74, 6) is 0. The molecule has 0 atom stereocenters. The molecule has 0 spiro atoms. The number of nitrogens with zero attached hydrogens (tertiary/aromatic N) is 1. The fraction of sp³-hybridized carbons (Fsp3) is 0.800. The van der Waals surface area contributed by atoms with Crippen molar-refractivity contribution in [3.05, 3.63) is 12.3 Å². The number of rotatable bonds is 8. The zero-order chi connectivity index (χ0) is 10.1. The third-order valence-electron chi connectivity index (χ3n) is 2.15. The average molecular weight is 185 g/mol. The van der Waals surface area contributed by atoms with Crippen LogP contribution in [-0.4, -0.2) is 31.6 Å². The molecule has 0 fully saturated rings. The van der Waals surface area contributed by atoms with E-state index in [1.54, 1.807) is 0 Å². The van der Waals surface area contributed by atoms with Crippen molar-refractivity contribution in [2.45, 2.75) is 26.7 Å². The molecule has 13 heavy (non-hydrogen) atoms. The van der Waals surface area contributed by atoms with Crippen molar-refractivity contribution < 1.29 is 0 Å². The van der Waals surface area contributed by atoms with Crippen molar-refractivity contribution >= 4 is 0 Å². The Kier molecular flexibility index (Phi) is 7.74. The van der Waals surface area contributed by atoms with Gasteiger partial charge in [0, 0.05) is 12.7 Å². The molecule has 0 heterocycles. The summed E-state index contributed by atoms with van der Waals surface area (Å²) in [6, 6.07) is 0. The van der Waals surface area contributed by atoms with E-state index in [1.165, 1.54) is 6.42 Å². The summed E-state index contributed by atoms with van der Waals surface area (Å²) in [5.41, 5.74) is 6.93. The Morgan fingerprint density at radius 3 is 2.38 bits per heavy atom. The van der Waals surface area contributed by atoms with Gasteiger partial charge in [0.25, 0.3) is 0 Å². The van der Waals surface area contributed by atoms with Crippen LogP contribution in [0.3, 0.4) is 0 Å². The molecule has 2 N–H and O–H groups in total. The molecule has 0 amide bonds. The molecule has 0 unspecified atom stereocenters. The number of allylic oxidation sites excluding steroid dienone is 1. The second-order valence-electron chi connectivity index (χ2n) is 3.11. The van der Waals surface area contributed by atoms with Crippen LogP contribution in [0.5, 0.6) is 0 Å². The van der Waals surface area contributed by atoms with Gasteiger partial charge in [0.1, 0.15) is 0 Å². The van der Waals surface area contributed by atoms with Crippen LogP contribution in [-0.2, 0) is 0 Å². The van der Waals surface area contributed by atoms with E-state index in [0.29, 0.717) is 0 Å². The Hall–Kier alpha value is -0.540. The highest BCUT2D eigenvalue weighted by Crippen LogP contribution is 1.99. The van der Waals surface area contributed by atoms with Crippen LogP contribution in [0.2, 0.25) is 0 Å². The molecule has 0 saturated carbocycles. The van der Waals surface area contributed by atoms with Gasteiger partial charge in [-0.3, -0.25) is 0 Å². The molecule has 0 aliphatic heterocycles. The molecule has 0 bridgehead atoms. The van der Waals surface area contributed by atoms with Crippen molar-refractivity contribution in [3.8, 4) is 0 Å². The highest BCUT2D eigenvalue weighted by molar-refractivity contribution is 4.88. The molecule has 0 radical (unpaired) electrons. The van der Waals surface area contributed by atoms with Crippen LogP contribution in [0.1, 0.15) is 26.7 Å². The lowest BCUT2D eigenvalue weighted by molar-refractivity contribution is 0.299. The molecule has 78 valence electrons. The van der Waals surface area contributed by atoms with Crippen LogP contribution < -0.4 is 10.9 Å². The maximum Gasteiger partial charge on any atom is 0.0190 e. The first-order valence-electron chi connectivity index (χ1n) is 5.07. The largest absolute Gasteiger partial charge is 0.326 e. The summed E-state index contributed by atoms with van der Waals surface area (Å²) in [5, 5.41) is 0. The minimum absolute atomic E-state index is 1.04. The van der Waals surface area contributed by atoms with Crippen LogP contribution in [0.4, 0.5) is 0 Å². The highest BCUT2D eigenvalue weighted by Gasteiger charge is 1.98. The smallest absolute Gasteiger partial charge is 0.0190 e. The van der Waals surface area contributed by atoms with E-state index in [-0.39, 0.29) is 0 Å². The Morgan fingerprint density at radius 1 is 1.31 bits per heavy atom. The van der Waals surface area contributed by atoms with Crippen molar-refractivity contribution in [1.82, 2.24) is 15.8 Å². The fourth-order valence-electron chi connectivity index (χ4n) is 1.30. The van der Waals surface area contributed by atoms with Crippen LogP contribution in [0.15, 0.2) is 12.3 Å². The molecule has 3 heteroatoms. The highest BCUT2D eigenvalue weighted by atomic mass is 15.3. The van der Waals surface area contributed by atoms with Crippen molar-refractivity contribution in [3.63, 3.8) is 0 Å². The first kappa shape index (κ1) is 12.5. The summed E-state index contributed by atoms with van der Waals surface area (Å²) < 4.78 is 0. The van der Waals surface area contributed by atoms with Gasteiger partial charge in [-0.25, -0.2) is 5.43 Å². The van der Waals surface area contributed by atoms with Crippen LogP contribution in [0.25, 0.3) is 0 Å². The minimum atomic E-state index is 1.04. The number of hydrazine groups is 1. The molecule has 0 aromatic heterocycles. The summed E-state index contributed by atoms with van der Waals surface area (Å²) in [4.78, 5) is 2.42. The van der Waals surface area contributed by atoms with Gasteiger partial charge in [-0.1, -0.05) is 20.4 Å². The quantitative estimate of drug-likeness (QED) is 0.559. The van der Waals surface area contributed by atoms with Crippen molar-refractivity contribution in [2.75, 3.05) is 26.7 Å². The Bertz CT molecular complexity index is 130. The zero-order valence-corrected chi connectivity index (χ0v) is 9.19. The first-order valence-corrected chi connectivity index (χ1v) is 5.07. The molecule has 0 saturated heterocycles. The first-order chi connectivity index (χ1) is 6.24. The van der Waals surface area contributed by atoms with E-state index in [0.717, 1.165) is 31.8 Å². The second kappa shape index (κ2) is 8.08. The van der Waals surface area contributed by atoms with Gasteiger partial charge in [-0.15, -0.1) is 0 Å². The van der Waals surface area contributed by atoms with Gasteiger partial charge >= 0.3 is 0 Å². The van der Waals surface area contributed by atoms with E-state index in [1.807, 2.05) is 7.05 Å². The third-order valence-corrected chi connectivity index (χ3v) is 2.15. The zero-order valence-electron chi connectivity index (χ0n) is 9.19. The maximum absolute atomic E-state index is 3.90. The topological polar surface area (TPSA) is 27.3 Å². The van der Waals surface area contributed by atoms with E-state index in [9.17, 15) is 0 Å². The molecular weight excluding hydrogens is 162 g/mol. The summed E-state index contributed by atoms with van der Waals surface area (Å²) in [7, 11) is 1.86. The molecule has 0 aromatic carbocycles. The van der Waals surface area contributed by atoms with E-state index < -0.39 is 0 Å². The van der Waals surface area contributed by atoms with Gasteiger partial charge < -0.3 is 10.3 Å². The molecule has 0 aromatic rings. The summed E-state index contributed by atoms with van der Waals surface area (Å²) in [6.07, 6.45) is 2.21. The normalized spacial score (nSPS) is 10.5. The van der Waals surface area contributed by atoms with Crippen LogP contribution >= 0.6 is 0 Å². The Morgan fingerprint density at radius 2 is 1.92 bits per heavy atom. The number of nitrogens with one attached hydrogen (secondary N) is 2. The molecule has 0 aliphatic rings. The predicted molar refractivity (Wildman–Crippen MR) is 58.4 cm³/mol. The molecule has 0 rings (SSSR count). The SMILES string of the molecule is C=C(CCCN(CC)CC)NNC. The van der Waals surface area contributed by atoms with Gasteiger partial charge in [-0.2, -0.15) is 0 Å². The van der Waals surface area contributed by atoms with E-state index in [2.05, 4.69) is 36.2 Å². The lowest BCUT2D eigenvalue weighted by atomic mass is 10.2. The van der Waals surface area contributed by atoms with Crippen molar-refractivity contribution in [1.29, 1.82) is 0 Å². The number of hydrogen-bond donors (Lipinski definition) is 2.